The van der Waals surface area contributed by atoms with E-state index in [2.05, 4.69) is 43.8 Å². The first-order chi connectivity index (χ1) is 13.0. The number of rotatable bonds is 5. The number of hydrogen-bond donors (Lipinski definition) is 1. The van der Waals surface area contributed by atoms with Crippen molar-refractivity contribution < 1.29 is 9.53 Å². The summed E-state index contributed by atoms with van der Waals surface area (Å²) in [5.74, 6) is 0.416. The van der Waals surface area contributed by atoms with Gasteiger partial charge in [0.05, 0.1) is 10.0 Å². The summed E-state index contributed by atoms with van der Waals surface area (Å²) in [4.78, 5) is 8.56. The van der Waals surface area contributed by atoms with Crippen molar-refractivity contribution in [3.05, 3.63) is 58.1 Å². The molecular formula is C21H28Cl2N2O2Si. The number of nitrogens with zero attached hydrogens (tertiary/aromatic N) is 2. The van der Waals surface area contributed by atoms with Gasteiger partial charge in [0.25, 0.3) is 0 Å². The van der Waals surface area contributed by atoms with Gasteiger partial charge in [0, 0.05) is 23.9 Å². The molecule has 0 bridgehead atoms. The third kappa shape index (κ3) is 4.01. The van der Waals surface area contributed by atoms with E-state index in [1.807, 2.05) is 12.1 Å². The largest absolute Gasteiger partial charge is 0.414 e. The molecule has 0 radical (unpaired) electrons. The van der Waals surface area contributed by atoms with E-state index < -0.39 is 19.8 Å². The Balaban J connectivity index is 1.91. The van der Waals surface area contributed by atoms with Crippen molar-refractivity contribution >= 4 is 31.5 Å². The first kappa shape index (κ1) is 21.7. The third-order valence-corrected chi connectivity index (χ3v) is 11.6. The Morgan fingerprint density at radius 2 is 1.75 bits per heavy atom. The minimum absolute atomic E-state index is 0.0914. The van der Waals surface area contributed by atoms with Crippen LogP contribution in [0, 0.1) is 0 Å². The van der Waals surface area contributed by atoms with Gasteiger partial charge in [0.1, 0.15) is 6.10 Å². The standard InChI is InChI=1S/C21H28Cl2N2O2Si/c1-20(2,3)28(4,5)27-15-12-21(13-15,14-7-8-16(22)17(23)11-14)18(26)19-24-9-6-10-25-19/h6-11,15,18,26H,12-13H2,1-5H3/t15-,18-,21-/m0/s1. The monoisotopic (exact) mass is 438 g/mol. The Hall–Kier alpha value is -0.983. The van der Waals surface area contributed by atoms with Crippen LogP contribution >= 0.6 is 23.2 Å². The average Bonchev–Trinajstić information content (AvgIpc) is 2.59. The molecule has 1 aromatic carbocycles. The van der Waals surface area contributed by atoms with Crippen LogP contribution in [0.3, 0.4) is 0 Å². The predicted molar refractivity (Wildman–Crippen MR) is 116 cm³/mol. The number of aliphatic hydroxyl groups excluding tert-OH is 1. The van der Waals surface area contributed by atoms with Gasteiger partial charge in [-0.15, -0.1) is 0 Å². The quantitative estimate of drug-likeness (QED) is 0.586. The molecule has 0 spiro atoms. The Labute approximate surface area is 178 Å². The highest BCUT2D eigenvalue weighted by Gasteiger charge is 2.54. The summed E-state index contributed by atoms with van der Waals surface area (Å²) in [5.41, 5.74) is 0.403. The van der Waals surface area contributed by atoms with Crippen LogP contribution in [-0.2, 0) is 9.84 Å². The molecule has 0 unspecified atom stereocenters. The topological polar surface area (TPSA) is 55.2 Å². The smallest absolute Gasteiger partial charge is 0.192 e. The van der Waals surface area contributed by atoms with Crippen LogP contribution in [0.5, 0.6) is 0 Å². The minimum atomic E-state index is -1.90. The summed E-state index contributed by atoms with van der Waals surface area (Å²) in [6, 6.07) is 7.30. The maximum Gasteiger partial charge on any atom is 0.192 e. The van der Waals surface area contributed by atoms with Crippen LogP contribution in [-0.4, -0.2) is 29.5 Å². The van der Waals surface area contributed by atoms with Gasteiger partial charge in [-0.2, -0.15) is 0 Å². The lowest BCUT2D eigenvalue weighted by Gasteiger charge is -2.53. The molecule has 0 saturated heterocycles. The third-order valence-electron chi connectivity index (χ3n) is 6.30. The van der Waals surface area contributed by atoms with Crippen molar-refractivity contribution in [2.75, 3.05) is 0 Å². The molecule has 0 amide bonds. The average molecular weight is 439 g/mol. The van der Waals surface area contributed by atoms with Gasteiger partial charge < -0.3 is 9.53 Å². The van der Waals surface area contributed by atoms with E-state index in [4.69, 9.17) is 27.6 Å². The highest BCUT2D eigenvalue weighted by molar-refractivity contribution is 6.74. The molecule has 1 aromatic heterocycles. The SMILES string of the molecule is CC(C)(C)[Si](C)(C)O[C@H]1C[C@](c2ccc(Cl)c(Cl)c2)([C@@H](O)c2ncccn2)C1. The van der Waals surface area contributed by atoms with Gasteiger partial charge in [-0.25, -0.2) is 9.97 Å². The molecule has 1 saturated carbocycles. The fourth-order valence-corrected chi connectivity index (χ4v) is 5.20. The molecule has 1 fully saturated rings. The van der Waals surface area contributed by atoms with E-state index in [0.717, 1.165) is 5.56 Å². The number of hydrogen-bond acceptors (Lipinski definition) is 4. The van der Waals surface area contributed by atoms with Gasteiger partial charge in [-0.1, -0.05) is 50.0 Å². The summed E-state index contributed by atoms with van der Waals surface area (Å²) in [5, 5.41) is 12.3. The minimum Gasteiger partial charge on any atom is -0.414 e. The van der Waals surface area contributed by atoms with Crippen LogP contribution in [0.2, 0.25) is 28.2 Å². The van der Waals surface area contributed by atoms with E-state index >= 15 is 0 Å². The summed E-state index contributed by atoms with van der Waals surface area (Å²) >= 11 is 12.4. The zero-order chi connectivity index (χ0) is 20.7. The van der Waals surface area contributed by atoms with E-state index in [1.54, 1.807) is 24.5 Å². The second-order valence-corrected chi connectivity index (χ2v) is 14.8. The number of aliphatic hydroxyl groups is 1. The first-order valence-corrected chi connectivity index (χ1v) is 13.2. The molecule has 1 heterocycles. The number of halogens is 2. The molecule has 2 aromatic rings. The molecule has 4 nitrogen and oxygen atoms in total. The van der Waals surface area contributed by atoms with Crippen LogP contribution < -0.4 is 0 Å². The number of aromatic nitrogens is 2. The Kier molecular flexibility index (Phi) is 5.96. The molecule has 3 rings (SSSR count). The van der Waals surface area contributed by atoms with Crippen molar-refractivity contribution in [2.24, 2.45) is 0 Å². The molecule has 28 heavy (non-hydrogen) atoms. The molecule has 152 valence electrons. The van der Waals surface area contributed by atoms with Crippen molar-refractivity contribution in [3.8, 4) is 0 Å². The number of benzene rings is 1. The van der Waals surface area contributed by atoms with Crippen molar-refractivity contribution in [1.29, 1.82) is 0 Å². The summed E-state index contributed by atoms with van der Waals surface area (Å²) in [6.45, 7) is 11.2. The van der Waals surface area contributed by atoms with Gasteiger partial charge in [-0.05, 0) is 54.7 Å². The highest BCUT2D eigenvalue weighted by atomic mass is 35.5. The van der Waals surface area contributed by atoms with E-state index in [-0.39, 0.29) is 11.1 Å². The Morgan fingerprint density at radius 3 is 2.29 bits per heavy atom. The fraction of sp³-hybridized carbons (Fsp3) is 0.524. The lowest BCUT2D eigenvalue weighted by atomic mass is 9.59. The maximum absolute atomic E-state index is 11.2. The molecular weight excluding hydrogens is 411 g/mol. The van der Waals surface area contributed by atoms with Crippen LogP contribution in [0.15, 0.2) is 36.7 Å². The molecule has 1 aliphatic carbocycles. The van der Waals surface area contributed by atoms with E-state index in [1.165, 1.54) is 0 Å². The molecule has 1 N–H and O–H groups in total. The highest BCUT2D eigenvalue weighted by Crippen LogP contribution is 2.55. The van der Waals surface area contributed by atoms with E-state index in [9.17, 15) is 5.11 Å². The van der Waals surface area contributed by atoms with Gasteiger partial charge >= 0.3 is 0 Å². The fourth-order valence-electron chi connectivity index (χ4n) is 3.55. The predicted octanol–water partition coefficient (Wildman–Crippen LogP) is 5.94. The summed E-state index contributed by atoms with van der Waals surface area (Å²) in [7, 11) is -1.90. The molecule has 0 aliphatic heterocycles. The van der Waals surface area contributed by atoms with Crippen LogP contribution in [0.4, 0.5) is 0 Å². The van der Waals surface area contributed by atoms with Crippen molar-refractivity contribution in [2.45, 2.75) is 69.4 Å². The van der Waals surface area contributed by atoms with Crippen LogP contribution in [0.1, 0.15) is 51.1 Å². The summed E-state index contributed by atoms with van der Waals surface area (Å²) in [6.07, 6.45) is 3.93. The van der Waals surface area contributed by atoms with Crippen molar-refractivity contribution in [3.63, 3.8) is 0 Å². The second kappa shape index (κ2) is 7.69. The second-order valence-electron chi connectivity index (χ2n) is 9.20. The van der Waals surface area contributed by atoms with E-state index in [0.29, 0.717) is 28.7 Å². The van der Waals surface area contributed by atoms with Crippen molar-refractivity contribution in [1.82, 2.24) is 9.97 Å². The maximum atomic E-state index is 11.2. The molecule has 1 atom stereocenters. The molecule has 7 heteroatoms. The first-order valence-electron chi connectivity index (χ1n) is 9.55. The van der Waals surface area contributed by atoms with Gasteiger partial charge in [0.2, 0.25) is 0 Å². The van der Waals surface area contributed by atoms with Gasteiger partial charge in [-0.3, -0.25) is 0 Å². The zero-order valence-electron chi connectivity index (χ0n) is 17.0. The normalized spacial score (nSPS) is 23.9. The lowest BCUT2D eigenvalue weighted by Crippen LogP contribution is -2.55. The summed E-state index contributed by atoms with van der Waals surface area (Å²) < 4.78 is 6.58. The molecule has 1 aliphatic rings. The lowest BCUT2D eigenvalue weighted by molar-refractivity contribution is -0.0547. The van der Waals surface area contributed by atoms with Gasteiger partial charge in [0.15, 0.2) is 14.1 Å². The zero-order valence-corrected chi connectivity index (χ0v) is 19.6. The Morgan fingerprint density at radius 1 is 1.14 bits per heavy atom. The van der Waals surface area contributed by atoms with Crippen LogP contribution in [0.25, 0.3) is 0 Å². The Bertz CT molecular complexity index is 834.